The van der Waals surface area contributed by atoms with Crippen LogP contribution in [0.15, 0.2) is 73.3 Å². The van der Waals surface area contributed by atoms with Gasteiger partial charge in [0.2, 0.25) is 0 Å². The highest BCUT2D eigenvalue weighted by molar-refractivity contribution is 6.74. The summed E-state index contributed by atoms with van der Waals surface area (Å²) in [6.45, 7) is 13.6. The van der Waals surface area contributed by atoms with Gasteiger partial charge in [0, 0.05) is 5.56 Å². The van der Waals surface area contributed by atoms with E-state index in [-0.39, 0.29) is 16.8 Å². The van der Waals surface area contributed by atoms with Gasteiger partial charge < -0.3 is 24.3 Å². The highest BCUT2D eigenvalue weighted by Gasteiger charge is 2.72. The molecule has 4 atom stereocenters. The Morgan fingerprint density at radius 2 is 1.73 bits per heavy atom. The summed E-state index contributed by atoms with van der Waals surface area (Å²) in [7, 11) is -2.23. The van der Waals surface area contributed by atoms with Crippen LogP contribution in [0.25, 0.3) is 11.2 Å². The molecule has 6 rings (SSSR count). The number of rotatable bonds is 10. The van der Waals surface area contributed by atoms with Crippen molar-refractivity contribution in [1.82, 2.24) is 19.5 Å². The Balaban J connectivity index is 1.37. The molecular weight excluding hydrogens is 586 g/mol. The van der Waals surface area contributed by atoms with Gasteiger partial charge in [-0.05, 0) is 55.1 Å². The van der Waals surface area contributed by atoms with Gasteiger partial charge in [-0.1, -0.05) is 76.2 Å². The molecule has 2 aromatic carbocycles. The number of aromatic nitrogens is 4. The van der Waals surface area contributed by atoms with E-state index in [9.17, 15) is 9.90 Å². The third-order valence-corrected chi connectivity index (χ3v) is 14.3. The molecule has 238 valence electrons. The molecule has 0 radical (unpaired) electrons. The monoisotopic (exact) mass is 629 g/mol. The van der Waals surface area contributed by atoms with Gasteiger partial charge in [-0.2, -0.15) is 0 Å². The number of anilines is 1. The van der Waals surface area contributed by atoms with Crippen LogP contribution in [0.1, 0.15) is 69.1 Å². The number of imidazole rings is 1. The first-order valence-electron chi connectivity index (χ1n) is 15.7. The van der Waals surface area contributed by atoms with Crippen LogP contribution in [0.2, 0.25) is 18.1 Å². The van der Waals surface area contributed by atoms with Gasteiger partial charge in [-0.25, -0.2) is 15.0 Å². The van der Waals surface area contributed by atoms with E-state index >= 15 is 0 Å². The van der Waals surface area contributed by atoms with E-state index in [4.69, 9.17) is 13.9 Å². The fourth-order valence-corrected chi connectivity index (χ4v) is 7.89. The molecule has 1 unspecified atom stereocenters. The average molecular weight is 630 g/mol. The standard InChI is InChI=1S/C34H43N5O5Si/c1-7-34(33(18-19-33)44-45(5,6)32(2,3)4)27(42-20-23-14-10-8-11-15-23)26(40)31(43-34)39-22-37-25-28(35-21-36-29(25)39)38-30(41)24-16-12-9-13-17-24/h8-17,21-22,26-27,31,40H,7,18-20H2,1-6H3,(H,35,36,38,41)/t26-,27?,31+,34+/m0/s1. The fraction of sp³-hybridized carbons (Fsp3) is 0.471. The second-order valence-electron chi connectivity index (χ2n) is 13.7. The number of aliphatic hydroxyl groups excluding tert-OH is 1. The molecule has 2 N–H and O–H groups in total. The van der Waals surface area contributed by atoms with Crippen molar-refractivity contribution in [3.63, 3.8) is 0 Å². The van der Waals surface area contributed by atoms with Crippen molar-refractivity contribution in [3.8, 4) is 0 Å². The molecule has 4 aromatic rings. The first-order valence-corrected chi connectivity index (χ1v) is 18.6. The van der Waals surface area contributed by atoms with Crippen molar-refractivity contribution in [2.24, 2.45) is 0 Å². The Labute approximate surface area is 265 Å². The third-order valence-electron chi connectivity index (χ3n) is 9.82. The minimum atomic E-state index is -2.23. The van der Waals surface area contributed by atoms with Crippen molar-refractivity contribution < 1.29 is 23.8 Å². The van der Waals surface area contributed by atoms with Crippen LogP contribution < -0.4 is 5.32 Å². The molecule has 0 spiro atoms. The molecule has 2 aromatic heterocycles. The lowest BCUT2D eigenvalue weighted by Crippen LogP contribution is -2.60. The predicted octanol–water partition coefficient (Wildman–Crippen LogP) is 6.26. The van der Waals surface area contributed by atoms with E-state index in [0.717, 1.165) is 18.4 Å². The topological polar surface area (TPSA) is 121 Å². The molecule has 1 saturated carbocycles. The van der Waals surface area contributed by atoms with Crippen LogP contribution in [0, 0.1) is 0 Å². The van der Waals surface area contributed by atoms with E-state index in [1.54, 1.807) is 35.2 Å². The van der Waals surface area contributed by atoms with Gasteiger partial charge in [0.1, 0.15) is 24.1 Å². The molecule has 1 saturated heterocycles. The lowest BCUT2D eigenvalue weighted by atomic mass is 9.84. The SMILES string of the molecule is CC[C@@]1(C2(O[Si](C)(C)C(C)(C)C)CC2)O[C@@H](n2cnc3c(NC(=O)c4ccccc4)ncnc32)[C@@H](O)C1OCc1ccccc1. The highest BCUT2D eigenvalue weighted by atomic mass is 28.4. The number of fused-ring (bicyclic) bond motifs is 1. The second kappa shape index (κ2) is 11.7. The lowest BCUT2D eigenvalue weighted by molar-refractivity contribution is -0.184. The predicted molar refractivity (Wildman–Crippen MR) is 174 cm³/mol. The van der Waals surface area contributed by atoms with Gasteiger partial charge in [0.05, 0.1) is 18.5 Å². The lowest BCUT2D eigenvalue weighted by Gasteiger charge is -2.47. The summed E-state index contributed by atoms with van der Waals surface area (Å²) in [5.41, 5.74) is 0.819. The molecule has 11 heteroatoms. The number of nitrogens with one attached hydrogen (secondary N) is 1. The summed E-state index contributed by atoms with van der Waals surface area (Å²) in [6, 6.07) is 18.9. The highest BCUT2D eigenvalue weighted by Crippen LogP contribution is 2.61. The minimum Gasteiger partial charge on any atom is -0.408 e. The number of amides is 1. The zero-order valence-electron chi connectivity index (χ0n) is 26.9. The maximum atomic E-state index is 12.9. The number of aliphatic hydroxyl groups is 1. The van der Waals surface area contributed by atoms with Crippen LogP contribution in [0.5, 0.6) is 0 Å². The van der Waals surface area contributed by atoms with Crippen molar-refractivity contribution in [2.45, 2.75) is 101 Å². The van der Waals surface area contributed by atoms with Crippen LogP contribution >= 0.6 is 0 Å². The van der Waals surface area contributed by atoms with Gasteiger partial charge in [0.15, 0.2) is 31.5 Å². The molecule has 10 nitrogen and oxygen atoms in total. The normalized spacial score (nSPS) is 24.6. The van der Waals surface area contributed by atoms with Gasteiger partial charge in [-0.15, -0.1) is 0 Å². The number of carbonyl (C=O) groups excluding carboxylic acids is 1. The van der Waals surface area contributed by atoms with Crippen molar-refractivity contribution >= 4 is 31.2 Å². The second-order valence-corrected chi connectivity index (χ2v) is 18.4. The minimum absolute atomic E-state index is 0.00735. The van der Waals surface area contributed by atoms with E-state index in [2.05, 4.69) is 61.1 Å². The fourth-order valence-electron chi connectivity index (χ4n) is 6.23. The van der Waals surface area contributed by atoms with E-state index in [1.165, 1.54) is 6.33 Å². The van der Waals surface area contributed by atoms with Crippen LogP contribution in [0.3, 0.4) is 0 Å². The summed E-state index contributed by atoms with van der Waals surface area (Å²) in [4.78, 5) is 26.3. The zero-order chi connectivity index (χ0) is 32.0. The number of hydrogen-bond donors (Lipinski definition) is 2. The number of nitrogens with zero attached hydrogens (tertiary/aromatic N) is 4. The Hall–Kier alpha value is -3.48. The van der Waals surface area contributed by atoms with Crippen LogP contribution in [-0.2, 0) is 20.5 Å². The van der Waals surface area contributed by atoms with E-state index < -0.39 is 38.0 Å². The molecule has 1 aliphatic carbocycles. The maximum absolute atomic E-state index is 12.9. The first kappa shape index (κ1) is 31.5. The molecule has 1 aliphatic heterocycles. The molecule has 0 bridgehead atoms. The van der Waals surface area contributed by atoms with Crippen LogP contribution in [0.4, 0.5) is 5.82 Å². The third kappa shape index (κ3) is 5.61. The summed E-state index contributed by atoms with van der Waals surface area (Å²) in [5, 5.41) is 14.9. The Kier molecular flexibility index (Phi) is 8.19. The van der Waals surface area contributed by atoms with Crippen molar-refractivity contribution in [3.05, 3.63) is 84.4 Å². The largest absolute Gasteiger partial charge is 0.408 e. The molecular formula is C34H43N5O5Si. The number of benzene rings is 2. The maximum Gasteiger partial charge on any atom is 0.256 e. The Morgan fingerprint density at radius 3 is 2.36 bits per heavy atom. The summed E-state index contributed by atoms with van der Waals surface area (Å²) < 4.78 is 22.6. The molecule has 45 heavy (non-hydrogen) atoms. The van der Waals surface area contributed by atoms with Gasteiger partial charge in [0.25, 0.3) is 5.91 Å². The Bertz CT molecular complexity index is 1650. The average Bonchev–Trinajstić information content (AvgIpc) is 3.56. The molecule has 2 fully saturated rings. The van der Waals surface area contributed by atoms with Crippen LogP contribution in [-0.4, -0.2) is 62.3 Å². The number of hydrogen-bond acceptors (Lipinski definition) is 8. The van der Waals surface area contributed by atoms with Gasteiger partial charge in [-0.3, -0.25) is 9.36 Å². The van der Waals surface area contributed by atoms with Gasteiger partial charge >= 0.3 is 0 Å². The zero-order valence-corrected chi connectivity index (χ0v) is 27.9. The number of ether oxygens (including phenoxy) is 2. The summed E-state index contributed by atoms with van der Waals surface area (Å²) >= 11 is 0. The smallest absolute Gasteiger partial charge is 0.256 e. The van der Waals surface area contributed by atoms with Crippen molar-refractivity contribution in [1.29, 1.82) is 0 Å². The number of carbonyl (C=O) groups is 1. The summed E-state index contributed by atoms with van der Waals surface area (Å²) in [6.07, 6.45) is 2.58. The molecule has 3 heterocycles. The van der Waals surface area contributed by atoms with E-state index in [0.29, 0.717) is 29.8 Å². The Morgan fingerprint density at radius 1 is 1.07 bits per heavy atom. The molecule has 2 aliphatic rings. The summed E-state index contributed by atoms with van der Waals surface area (Å²) in [5.74, 6) is -0.0289. The van der Waals surface area contributed by atoms with E-state index in [1.807, 2.05) is 36.4 Å². The molecule has 1 amide bonds. The first-order chi connectivity index (χ1) is 21.4. The quantitative estimate of drug-likeness (QED) is 0.197. The van der Waals surface area contributed by atoms with Crippen molar-refractivity contribution in [2.75, 3.05) is 5.32 Å².